The summed E-state index contributed by atoms with van der Waals surface area (Å²) in [7, 11) is 0. The second kappa shape index (κ2) is 4.87. The maximum absolute atomic E-state index is 5.94. The molecular weight excluding hydrogens is 248 g/mol. The predicted molar refractivity (Wildman–Crippen MR) is 86.2 cm³/mol. The minimum absolute atomic E-state index is 0.158. The van der Waals surface area contributed by atoms with Crippen LogP contribution in [0, 0.1) is 16.7 Å². The first-order valence-corrected chi connectivity index (χ1v) is 7.45. The van der Waals surface area contributed by atoms with E-state index < -0.39 is 0 Å². The lowest BCUT2D eigenvalue weighted by Gasteiger charge is -2.14. The van der Waals surface area contributed by atoms with Gasteiger partial charge in [0.15, 0.2) is 0 Å². The average molecular weight is 276 g/mol. The van der Waals surface area contributed by atoms with Crippen molar-refractivity contribution < 1.29 is 4.74 Å². The van der Waals surface area contributed by atoms with E-state index in [1.54, 1.807) is 0 Å². The maximum Gasteiger partial charge on any atom is 0.123 e. The zero-order chi connectivity index (χ0) is 15.1. The number of nitrogen functional groups attached to an aromatic ring is 1. The highest BCUT2D eigenvalue weighted by Gasteiger charge is 2.63. The third kappa shape index (κ3) is 2.72. The van der Waals surface area contributed by atoms with Crippen LogP contribution in [0.15, 0.2) is 18.2 Å². The van der Waals surface area contributed by atoms with Gasteiger partial charge < -0.3 is 15.8 Å². The molecule has 0 saturated heterocycles. The minimum Gasteiger partial charge on any atom is -0.491 e. The maximum atomic E-state index is 5.94. The van der Waals surface area contributed by atoms with Gasteiger partial charge in [0.25, 0.3) is 0 Å². The molecule has 0 amide bonds. The third-order valence-corrected chi connectivity index (χ3v) is 5.13. The predicted octanol–water partition coefficient (Wildman–Crippen LogP) is 4.15. The van der Waals surface area contributed by atoms with Crippen molar-refractivity contribution in [1.82, 2.24) is 0 Å². The van der Waals surface area contributed by atoms with Gasteiger partial charge in [0.1, 0.15) is 5.75 Å². The van der Waals surface area contributed by atoms with Gasteiger partial charge >= 0.3 is 0 Å². The molecule has 0 aromatic heterocycles. The number of hydrogen-bond acceptors (Lipinski definition) is 3. The Labute approximate surface area is 122 Å². The lowest BCUT2D eigenvalue weighted by atomic mass is 10.0. The van der Waals surface area contributed by atoms with E-state index in [2.05, 4.69) is 33.0 Å². The van der Waals surface area contributed by atoms with Gasteiger partial charge in [0.2, 0.25) is 0 Å². The first-order valence-electron chi connectivity index (χ1n) is 7.45. The Kier molecular flexibility index (Phi) is 3.66. The molecule has 0 unspecified atom stereocenters. The fourth-order valence-corrected chi connectivity index (χ4v) is 3.13. The Bertz CT molecular complexity index is 478. The van der Waals surface area contributed by atoms with Gasteiger partial charge in [-0.2, -0.15) is 0 Å². The number of anilines is 2. The highest BCUT2D eigenvalue weighted by molar-refractivity contribution is 5.59. The zero-order valence-electron chi connectivity index (χ0n) is 13.6. The van der Waals surface area contributed by atoms with Crippen LogP contribution in [-0.4, -0.2) is 12.6 Å². The molecule has 0 aliphatic heterocycles. The summed E-state index contributed by atoms with van der Waals surface area (Å²) in [4.78, 5) is 0. The molecule has 1 aromatic rings. The Morgan fingerprint density at radius 1 is 1.15 bits per heavy atom. The molecule has 0 bridgehead atoms. The van der Waals surface area contributed by atoms with Gasteiger partial charge in [-0.25, -0.2) is 0 Å². The molecule has 0 radical (unpaired) electrons. The van der Waals surface area contributed by atoms with Crippen LogP contribution in [-0.2, 0) is 0 Å². The first-order chi connectivity index (χ1) is 9.14. The molecular formula is C17H28N2O. The van der Waals surface area contributed by atoms with Crippen LogP contribution < -0.4 is 15.8 Å². The van der Waals surface area contributed by atoms with Gasteiger partial charge in [-0.05, 0) is 36.7 Å². The highest BCUT2D eigenvalue weighted by Crippen LogP contribution is 2.68. The summed E-state index contributed by atoms with van der Waals surface area (Å²) >= 11 is 0. The fourth-order valence-electron chi connectivity index (χ4n) is 3.13. The van der Waals surface area contributed by atoms with Crippen molar-refractivity contribution in [3.8, 4) is 5.75 Å². The van der Waals surface area contributed by atoms with Crippen LogP contribution in [0.25, 0.3) is 0 Å². The molecule has 0 atom stereocenters. The van der Waals surface area contributed by atoms with E-state index >= 15 is 0 Å². The number of nitrogens with two attached hydrogens (primary N) is 1. The van der Waals surface area contributed by atoms with Gasteiger partial charge in [-0.3, -0.25) is 0 Å². The van der Waals surface area contributed by atoms with Crippen molar-refractivity contribution in [2.45, 2.75) is 47.6 Å². The number of nitrogens with one attached hydrogen (secondary N) is 1. The minimum atomic E-state index is 0.158. The molecule has 3 heteroatoms. The summed E-state index contributed by atoms with van der Waals surface area (Å²) in [6, 6.07) is 5.87. The second-order valence-electron chi connectivity index (χ2n) is 7.33. The van der Waals surface area contributed by atoms with Crippen LogP contribution in [0.1, 0.15) is 41.5 Å². The van der Waals surface area contributed by atoms with Crippen molar-refractivity contribution in [3.63, 3.8) is 0 Å². The average Bonchev–Trinajstić information content (AvgIpc) is 2.64. The molecule has 1 saturated carbocycles. The third-order valence-electron chi connectivity index (χ3n) is 5.13. The molecule has 0 spiro atoms. The van der Waals surface area contributed by atoms with Gasteiger partial charge in [0, 0.05) is 30.1 Å². The van der Waals surface area contributed by atoms with Crippen LogP contribution >= 0.6 is 0 Å². The Balaban J connectivity index is 2.02. The Morgan fingerprint density at radius 3 is 2.25 bits per heavy atom. The van der Waals surface area contributed by atoms with Crippen LogP contribution in [0.3, 0.4) is 0 Å². The van der Waals surface area contributed by atoms with Gasteiger partial charge in [0.05, 0.1) is 6.10 Å². The Morgan fingerprint density at radius 2 is 1.75 bits per heavy atom. The molecule has 1 aromatic carbocycles. The summed E-state index contributed by atoms with van der Waals surface area (Å²) in [5.41, 5.74) is 8.52. The van der Waals surface area contributed by atoms with Crippen molar-refractivity contribution in [1.29, 1.82) is 0 Å². The number of benzene rings is 1. The van der Waals surface area contributed by atoms with Gasteiger partial charge in [-0.1, -0.05) is 27.7 Å². The normalized spacial score (nSPS) is 19.9. The summed E-state index contributed by atoms with van der Waals surface area (Å²) in [6.45, 7) is 14.4. The molecule has 1 aliphatic carbocycles. The molecule has 3 N–H and O–H groups in total. The number of hydrogen-bond donors (Lipinski definition) is 2. The number of rotatable bonds is 5. The SMILES string of the molecule is CC(C)Oc1cc(N)cc(NCC2C(C)(C)C2(C)C)c1. The second-order valence-corrected chi connectivity index (χ2v) is 7.33. The highest BCUT2D eigenvalue weighted by atomic mass is 16.5. The lowest BCUT2D eigenvalue weighted by Crippen LogP contribution is -2.10. The summed E-state index contributed by atoms with van der Waals surface area (Å²) in [6.07, 6.45) is 0.158. The van der Waals surface area contributed by atoms with E-state index in [4.69, 9.17) is 10.5 Å². The van der Waals surface area contributed by atoms with Crippen molar-refractivity contribution in [3.05, 3.63) is 18.2 Å². The van der Waals surface area contributed by atoms with Gasteiger partial charge in [-0.15, -0.1) is 0 Å². The van der Waals surface area contributed by atoms with Crippen molar-refractivity contribution >= 4 is 11.4 Å². The van der Waals surface area contributed by atoms with Crippen LogP contribution in [0.5, 0.6) is 5.75 Å². The smallest absolute Gasteiger partial charge is 0.123 e. The van der Waals surface area contributed by atoms with Crippen LogP contribution in [0.2, 0.25) is 0 Å². The fraction of sp³-hybridized carbons (Fsp3) is 0.647. The molecule has 1 aliphatic rings. The summed E-state index contributed by atoms with van der Waals surface area (Å²) in [5, 5.41) is 3.51. The largest absolute Gasteiger partial charge is 0.491 e. The molecule has 2 rings (SSSR count). The quantitative estimate of drug-likeness (QED) is 0.794. The van der Waals surface area contributed by atoms with Crippen molar-refractivity contribution in [2.75, 3.05) is 17.6 Å². The van der Waals surface area contributed by atoms with E-state index in [9.17, 15) is 0 Å². The zero-order valence-corrected chi connectivity index (χ0v) is 13.6. The van der Waals surface area contributed by atoms with E-state index in [1.807, 2.05) is 32.0 Å². The van der Waals surface area contributed by atoms with E-state index in [-0.39, 0.29) is 6.10 Å². The van der Waals surface area contributed by atoms with E-state index in [0.29, 0.717) is 16.7 Å². The van der Waals surface area contributed by atoms with E-state index in [0.717, 1.165) is 23.7 Å². The van der Waals surface area contributed by atoms with Crippen molar-refractivity contribution in [2.24, 2.45) is 16.7 Å². The molecule has 1 fully saturated rings. The molecule has 20 heavy (non-hydrogen) atoms. The monoisotopic (exact) mass is 276 g/mol. The standard InChI is InChI=1S/C17H28N2O/c1-11(2)20-14-8-12(18)7-13(9-14)19-10-15-16(3,4)17(15,5)6/h7-9,11,15,19H,10,18H2,1-6H3. The lowest BCUT2D eigenvalue weighted by molar-refractivity contribution is 0.242. The number of ether oxygens (including phenoxy) is 1. The summed E-state index contributed by atoms with van der Waals surface area (Å²) < 4.78 is 5.72. The molecule has 0 heterocycles. The Hall–Kier alpha value is -1.38. The topological polar surface area (TPSA) is 47.3 Å². The van der Waals surface area contributed by atoms with Crippen LogP contribution in [0.4, 0.5) is 11.4 Å². The first kappa shape index (κ1) is 15.0. The molecule has 3 nitrogen and oxygen atoms in total. The molecule has 112 valence electrons. The van der Waals surface area contributed by atoms with E-state index in [1.165, 1.54) is 0 Å². The summed E-state index contributed by atoms with van der Waals surface area (Å²) in [5.74, 6) is 1.52.